The molecule has 0 bridgehead atoms. The zero-order valence-electron chi connectivity index (χ0n) is 7.77. The number of nitriles is 1. The standard InChI is InChI=1S/C10H13N3O/c11-5-4-9(13)8-3-1-2-7(6-12)10(8)14/h1-3,9,14H,4-5,11,13H2/t9-/m1/s1. The molecule has 4 heteroatoms. The van der Waals surface area contributed by atoms with Crippen molar-refractivity contribution in [3.63, 3.8) is 0 Å². The molecule has 14 heavy (non-hydrogen) atoms. The van der Waals surface area contributed by atoms with E-state index in [1.165, 1.54) is 0 Å². The average Bonchev–Trinajstić information content (AvgIpc) is 2.18. The van der Waals surface area contributed by atoms with Gasteiger partial charge in [0.1, 0.15) is 11.8 Å². The molecule has 5 N–H and O–H groups in total. The van der Waals surface area contributed by atoms with Crippen molar-refractivity contribution in [2.45, 2.75) is 12.5 Å². The molecule has 0 spiro atoms. The lowest BCUT2D eigenvalue weighted by atomic mass is 10.0. The maximum absolute atomic E-state index is 9.64. The van der Waals surface area contributed by atoms with E-state index in [1.54, 1.807) is 18.2 Å². The number of nitrogens with zero attached hydrogens (tertiary/aromatic N) is 1. The van der Waals surface area contributed by atoms with Gasteiger partial charge in [-0.25, -0.2) is 0 Å². The monoisotopic (exact) mass is 191 g/mol. The van der Waals surface area contributed by atoms with E-state index < -0.39 is 0 Å². The predicted molar refractivity (Wildman–Crippen MR) is 53.4 cm³/mol. The van der Waals surface area contributed by atoms with Crippen molar-refractivity contribution in [3.8, 4) is 11.8 Å². The summed E-state index contributed by atoms with van der Waals surface area (Å²) in [5, 5.41) is 18.3. The summed E-state index contributed by atoms with van der Waals surface area (Å²) in [4.78, 5) is 0. The van der Waals surface area contributed by atoms with E-state index in [2.05, 4.69) is 0 Å². The molecular formula is C10H13N3O. The quantitative estimate of drug-likeness (QED) is 0.652. The number of para-hydroxylation sites is 1. The minimum atomic E-state index is -0.312. The molecule has 0 aromatic heterocycles. The Morgan fingerprint density at radius 1 is 1.50 bits per heavy atom. The van der Waals surface area contributed by atoms with Gasteiger partial charge in [-0.2, -0.15) is 5.26 Å². The van der Waals surface area contributed by atoms with Crippen LogP contribution in [0.1, 0.15) is 23.6 Å². The van der Waals surface area contributed by atoms with Crippen LogP contribution in [0.15, 0.2) is 18.2 Å². The van der Waals surface area contributed by atoms with Crippen LogP contribution < -0.4 is 11.5 Å². The summed E-state index contributed by atoms with van der Waals surface area (Å²) in [5.41, 5.74) is 12.0. The van der Waals surface area contributed by atoms with Crippen LogP contribution >= 0.6 is 0 Å². The van der Waals surface area contributed by atoms with Gasteiger partial charge in [-0.3, -0.25) is 0 Å². The Morgan fingerprint density at radius 3 is 2.79 bits per heavy atom. The fourth-order valence-corrected chi connectivity index (χ4v) is 1.29. The molecule has 1 atom stereocenters. The number of benzene rings is 1. The molecule has 1 rings (SSSR count). The highest BCUT2D eigenvalue weighted by Gasteiger charge is 2.12. The van der Waals surface area contributed by atoms with Crippen LogP contribution in [0.3, 0.4) is 0 Å². The fraction of sp³-hybridized carbons (Fsp3) is 0.300. The Balaban J connectivity index is 3.04. The van der Waals surface area contributed by atoms with Crippen molar-refractivity contribution in [1.29, 1.82) is 5.26 Å². The highest BCUT2D eigenvalue weighted by Crippen LogP contribution is 2.27. The van der Waals surface area contributed by atoms with Gasteiger partial charge >= 0.3 is 0 Å². The maximum Gasteiger partial charge on any atom is 0.138 e. The second kappa shape index (κ2) is 4.61. The van der Waals surface area contributed by atoms with Gasteiger partial charge < -0.3 is 16.6 Å². The Kier molecular flexibility index (Phi) is 3.46. The van der Waals surface area contributed by atoms with Crippen molar-refractivity contribution in [3.05, 3.63) is 29.3 Å². The average molecular weight is 191 g/mol. The highest BCUT2D eigenvalue weighted by molar-refractivity contribution is 5.48. The molecule has 4 nitrogen and oxygen atoms in total. The van der Waals surface area contributed by atoms with Crippen molar-refractivity contribution in [2.75, 3.05) is 6.54 Å². The molecule has 0 fully saturated rings. The van der Waals surface area contributed by atoms with Gasteiger partial charge in [0.05, 0.1) is 5.56 Å². The Morgan fingerprint density at radius 2 is 2.21 bits per heavy atom. The Labute approximate surface area is 82.8 Å². The molecule has 0 aliphatic carbocycles. The third kappa shape index (κ3) is 2.02. The normalized spacial score (nSPS) is 12.1. The largest absolute Gasteiger partial charge is 0.506 e. The molecule has 0 amide bonds. The van der Waals surface area contributed by atoms with Gasteiger partial charge in [-0.15, -0.1) is 0 Å². The first-order valence-corrected chi connectivity index (χ1v) is 4.38. The van der Waals surface area contributed by atoms with Crippen molar-refractivity contribution in [2.24, 2.45) is 11.5 Å². The summed E-state index contributed by atoms with van der Waals surface area (Å²) in [5.74, 6) is -0.0315. The molecule has 1 aromatic rings. The third-order valence-electron chi connectivity index (χ3n) is 2.06. The SMILES string of the molecule is N#Cc1cccc([C@H](N)CCN)c1O. The van der Waals surface area contributed by atoms with E-state index in [9.17, 15) is 5.11 Å². The smallest absolute Gasteiger partial charge is 0.138 e. The second-order valence-electron chi connectivity index (χ2n) is 3.04. The molecular weight excluding hydrogens is 178 g/mol. The third-order valence-corrected chi connectivity index (χ3v) is 2.06. The van der Waals surface area contributed by atoms with Gasteiger partial charge in [0, 0.05) is 11.6 Å². The number of hydrogen-bond donors (Lipinski definition) is 3. The van der Waals surface area contributed by atoms with Crippen LogP contribution in [0.2, 0.25) is 0 Å². The van der Waals surface area contributed by atoms with Gasteiger partial charge in [-0.05, 0) is 19.0 Å². The van der Waals surface area contributed by atoms with Crippen LogP contribution in [0.5, 0.6) is 5.75 Å². The van der Waals surface area contributed by atoms with Gasteiger partial charge in [0.15, 0.2) is 0 Å². The summed E-state index contributed by atoms with van der Waals surface area (Å²) in [6.45, 7) is 0.456. The lowest BCUT2D eigenvalue weighted by molar-refractivity contribution is 0.457. The first kappa shape index (κ1) is 10.5. The van der Waals surface area contributed by atoms with E-state index >= 15 is 0 Å². The summed E-state index contributed by atoms with van der Waals surface area (Å²) >= 11 is 0. The van der Waals surface area contributed by atoms with E-state index in [0.29, 0.717) is 18.5 Å². The summed E-state index contributed by atoms with van der Waals surface area (Å²) in [7, 11) is 0. The summed E-state index contributed by atoms with van der Waals surface area (Å²) < 4.78 is 0. The maximum atomic E-state index is 9.64. The molecule has 0 radical (unpaired) electrons. The Bertz CT molecular complexity index is 357. The number of phenolic OH excluding ortho intramolecular Hbond substituents is 1. The number of nitrogens with two attached hydrogens (primary N) is 2. The van der Waals surface area contributed by atoms with E-state index in [0.717, 1.165) is 0 Å². The van der Waals surface area contributed by atoms with Crippen molar-refractivity contribution < 1.29 is 5.11 Å². The number of phenols is 1. The molecule has 74 valence electrons. The van der Waals surface area contributed by atoms with Crippen LogP contribution in [0.4, 0.5) is 0 Å². The van der Waals surface area contributed by atoms with Gasteiger partial charge in [0.2, 0.25) is 0 Å². The number of rotatable bonds is 3. The van der Waals surface area contributed by atoms with Crippen LogP contribution in [0, 0.1) is 11.3 Å². The van der Waals surface area contributed by atoms with Crippen molar-refractivity contribution >= 4 is 0 Å². The predicted octanol–water partition coefficient (Wildman–Crippen LogP) is 0.612. The minimum absolute atomic E-state index is 0.0315. The lowest BCUT2D eigenvalue weighted by Gasteiger charge is -2.12. The van der Waals surface area contributed by atoms with Gasteiger partial charge in [0.25, 0.3) is 0 Å². The van der Waals surface area contributed by atoms with Crippen LogP contribution in [0.25, 0.3) is 0 Å². The Hall–Kier alpha value is -1.57. The van der Waals surface area contributed by atoms with Crippen LogP contribution in [-0.4, -0.2) is 11.7 Å². The van der Waals surface area contributed by atoms with Crippen LogP contribution in [-0.2, 0) is 0 Å². The van der Waals surface area contributed by atoms with E-state index in [1.807, 2.05) is 6.07 Å². The zero-order chi connectivity index (χ0) is 10.6. The first-order valence-electron chi connectivity index (χ1n) is 4.38. The molecule has 0 aliphatic heterocycles. The zero-order valence-corrected chi connectivity index (χ0v) is 7.77. The van der Waals surface area contributed by atoms with Crippen molar-refractivity contribution in [1.82, 2.24) is 0 Å². The van der Waals surface area contributed by atoms with E-state index in [4.69, 9.17) is 16.7 Å². The highest BCUT2D eigenvalue weighted by atomic mass is 16.3. The second-order valence-corrected chi connectivity index (χ2v) is 3.04. The molecule has 0 unspecified atom stereocenters. The lowest BCUT2D eigenvalue weighted by Crippen LogP contribution is -2.15. The molecule has 1 aromatic carbocycles. The van der Waals surface area contributed by atoms with E-state index in [-0.39, 0.29) is 17.4 Å². The summed E-state index contributed by atoms with van der Waals surface area (Å²) in [6, 6.07) is 6.54. The molecule has 0 aliphatic rings. The summed E-state index contributed by atoms with van der Waals surface area (Å²) in [6.07, 6.45) is 0.586. The molecule has 0 saturated heterocycles. The molecule has 0 heterocycles. The minimum Gasteiger partial charge on any atom is -0.506 e. The number of aromatic hydroxyl groups is 1. The topological polar surface area (TPSA) is 96.1 Å². The first-order chi connectivity index (χ1) is 6.70. The fourth-order valence-electron chi connectivity index (χ4n) is 1.29. The number of hydrogen-bond acceptors (Lipinski definition) is 4. The molecule has 0 saturated carbocycles. The van der Waals surface area contributed by atoms with Gasteiger partial charge in [-0.1, -0.05) is 12.1 Å².